The predicted octanol–water partition coefficient (Wildman–Crippen LogP) is 2.09. The predicted molar refractivity (Wildman–Crippen MR) is 61.1 cm³/mol. The van der Waals surface area contributed by atoms with Crippen LogP contribution in [-0.2, 0) is 0 Å². The summed E-state index contributed by atoms with van der Waals surface area (Å²) < 4.78 is 4.95. The molecule has 0 spiro atoms. The molecule has 0 bridgehead atoms. The highest BCUT2D eigenvalue weighted by atomic mass is 32.1. The molecular formula is C11H10N2O2S. The van der Waals surface area contributed by atoms with Crippen LogP contribution in [0.5, 0.6) is 5.88 Å². The van der Waals surface area contributed by atoms with E-state index in [2.05, 4.69) is 9.97 Å². The Morgan fingerprint density at radius 2 is 2.25 bits per heavy atom. The molecule has 4 nitrogen and oxygen atoms in total. The molecule has 0 atom stereocenters. The number of hydrogen-bond acceptors (Lipinski definition) is 5. The first kappa shape index (κ1) is 10.8. The van der Waals surface area contributed by atoms with E-state index in [0.717, 1.165) is 4.88 Å². The van der Waals surface area contributed by atoms with E-state index in [9.17, 15) is 4.79 Å². The van der Waals surface area contributed by atoms with Crippen molar-refractivity contribution >= 4 is 17.1 Å². The third-order valence-electron chi connectivity index (χ3n) is 2.19. The molecule has 0 saturated heterocycles. The van der Waals surface area contributed by atoms with Gasteiger partial charge < -0.3 is 4.74 Å². The standard InChI is InChI=1S/C11H10N2O2S/c1-7-8(3-4-16-7)11(14)9-5-10(15-2)13-6-12-9/h3-6H,1-2H3. The number of nitrogens with zero attached hydrogens (tertiary/aromatic N) is 2. The molecule has 0 radical (unpaired) electrons. The van der Waals surface area contributed by atoms with Crippen LogP contribution in [0.3, 0.4) is 0 Å². The highest BCUT2D eigenvalue weighted by Gasteiger charge is 2.14. The second-order valence-electron chi connectivity index (χ2n) is 3.17. The molecule has 0 aromatic carbocycles. The number of aromatic nitrogens is 2. The first-order valence-corrected chi connectivity index (χ1v) is 5.55. The molecule has 0 N–H and O–H groups in total. The lowest BCUT2D eigenvalue weighted by molar-refractivity contribution is 0.103. The molecule has 0 saturated carbocycles. The summed E-state index contributed by atoms with van der Waals surface area (Å²) in [6, 6.07) is 3.34. The minimum Gasteiger partial charge on any atom is -0.481 e. The second-order valence-corrected chi connectivity index (χ2v) is 4.29. The average molecular weight is 234 g/mol. The Balaban J connectivity index is 2.38. The molecule has 82 valence electrons. The van der Waals surface area contributed by atoms with E-state index in [1.54, 1.807) is 23.5 Å². The van der Waals surface area contributed by atoms with Gasteiger partial charge in [-0.05, 0) is 18.4 Å². The zero-order valence-electron chi connectivity index (χ0n) is 8.93. The molecule has 0 fully saturated rings. The van der Waals surface area contributed by atoms with Gasteiger partial charge in [-0.2, -0.15) is 0 Å². The van der Waals surface area contributed by atoms with Gasteiger partial charge in [-0.3, -0.25) is 4.79 Å². The van der Waals surface area contributed by atoms with Crippen molar-refractivity contribution in [1.82, 2.24) is 9.97 Å². The van der Waals surface area contributed by atoms with Crippen LogP contribution in [0.2, 0.25) is 0 Å². The van der Waals surface area contributed by atoms with Gasteiger partial charge >= 0.3 is 0 Å². The number of methoxy groups -OCH3 is 1. The van der Waals surface area contributed by atoms with E-state index >= 15 is 0 Å². The van der Waals surface area contributed by atoms with Crippen molar-refractivity contribution in [3.05, 3.63) is 40.0 Å². The summed E-state index contributed by atoms with van der Waals surface area (Å²) >= 11 is 1.54. The summed E-state index contributed by atoms with van der Waals surface area (Å²) in [6.07, 6.45) is 1.33. The average Bonchev–Trinajstić information content (AvgIpc) is 2.74. The smallest absolute Gasteiger partial charge is 0.216 e. The number of carbonyl (C=O) groups is 1. The molecule has 2 rings (SSSR count). The van der Waals surface area contributed by atoms with Gasteiger partial charge in [-0.25, -0.2) is 9.97 Å². The number of aryl methyl sites for hydroxylation is 1. The van der Waals surface area contributed by atoms with E-state index in [-0.39, 0.29) is 5.78 Å². The summed E-state index contributed by atoms with van der Waals surface area (Å²) in [5.41, 5.74) is 1.04. The lowest BCUT2D eigenvalue weighted by Crippen LogP contribution is -2.05. The van der Waals surface area contributed by atoms with Gasteiger partial charge in [0.1, 0.15) is 12.0 Å². The van der Waals surface area contributed by atoms with Gasteiger partial charge in [0.05, 0.1) is 7.11 Å². The molecule has 2 heterocycles. The Labute approximate surface area is 96.9 Å². The van der Waals surface area contributed by atoms with E-state index in [0.29, 0.717) is 17.1 Å². The normalized spacial score (nSPS) is 10.1. The SMILES string of the molecule is COc1cc(C(=O)c2ccsc2C)ncn1. The van der Waals surface area contributed by atoms with E-state index in [1.165, 1.54) is 13.4 Å². The summed E-state index contributed by atoms with van der Waals surface area (Å²) in [7, 11) is 1.51. The highest BCUT2D eigenvalue weighted by Crippen LogP contribution is 2.19. The molecule has 5 heteroatoms. The van der Waals surface area contributed by atoms with Crippen LogP contribution < -0.4 is 4.74 Å². The lowest BCUT2D eigenvalue weighted by Gasteiger charge is -2.01. The zero-order valence-corrected chi connectivity index (χ0v) is 9.75. The first-order valence-electron chi connectivity index (χ1n) is 4.67. The van der Waals surface area contributed by atoms with Crippen LogP contribution in [-0.4, -0.2) is 22.9 Å². The zero-order chi connectivity index (χ0) is 11.5. The largest absolute Gasteiger partial charge is 0.481 e. The topological polar surface area (TPSA) is 52.1 Å². The van der Waals surface area contributed by atoms with Crippen LogP contribution >= 0.6 is 11.3 Å². The molecule has 0 aliphatic carbocycles. The van der Waals surface area contributed by atoms with Crippen molar-refractivity contribution in [3.8, 4) is 5.88 Å². The third kappa shape index (κ3) is 1.94. The van der Waals surface area contributed by atoms with Gasteiger partial charge in [0.15, 0.2) is 0 Å². The molecule has 0 unspecified atom stereocenters. The Bertz CT molecular complexity index is 522. The summed E-state index contributed by atoms with van der Waals surface area (Å²) in [6.45, 7) is 1.91. The number of carbonyl (C=O) groups excluding carboxylic acids is 1. The number of rotatable bonds is 3. The maximum Gasteiger partial charge on any atom is 0.216 e. The number of thiophene rings is 1. The quantitative estimate of drug-likeness (QED) is 0.763. The van der Waals surface area contributed by atoms with Crippen LogP contribution in [0.15, 0.2) is 23.8 Å². The van der Waals surface area contributed by atoms with Crippen molar-refractivity contribution in [2.75, 3.05) is 7.11 Å². The Morgan fingerprint density at radius 1 is 1.44 bits per heavy atom. The van der Waals surface area contributed by atoms with Gasteiger partial charge in [-0.1, -0.05) is 0 Å². The van der Waals surface area contributed by atoms with Crippen LogP contribution in [0.25, 0.3) is 0 Å². The lowest BCUT2D eigenvalue weighted by atomic mass is 10.1. The molecule has 2 aromatic rings. The van der Waals surface area contributed by atoms with Crippen LogP contribution in [0.1, 0.15) is 20.9 Å². The fraction of sp³-hybridized carbons (Fsp3) is 0.182. The van der Waals surface area contributed by atoms with Crippen molar-refractivity contribution in [3.63, 3.8) is 0 Å². The van der Waals surface area contributed by atoms with Crippen molar-refractivity contribution in [1.29, 1.82) is 0 Å². The van der Waals surface area contributed by atoms with Crippen LogP contribution in [0, 0.1) is 6.92 Å². The molecule has 0 aliphatic rings. The summed E-state index contributed by atoms with van der Waals surface area (Å²) in [4.78, 5) is 20.9. The Kier molecular flexibility index (Phi) is 2.96. The van der Waals surface area contributed by atoms with Crippen LogP contribution in [0.4, 0.5) is 0 Å². The van der Waals surface area contributed by atoms with E-state index < -0.39 is 0 Å². The van der Waals surface area contributed by atoms with E-state index in [1.807, 2.05) is 12.3 Å². The monoisotopic (exact) mass is 234 g/mol. The van der Waals surface area contributed by atoms with Gasteiger partial charge in [-0.15, -0.1) is 11.3 Å². The van der Waals surface area contributed by atoms with Gasteiger partial charge in [0.25, 0.3) is 0 Å². The molecular weight excluding hydrogens is 224 g/mol. The summed E-state index contributed by atoms with van der Waals surface area (Å²) in [5, 5.41) is 1.89. The maximum absolute atomic E-state index is 12.1. The number of hydrogen-bond donors (Lipinski definition) is 0. The van der Waals surface area contributed by atoms with Crippen molar-refractivity contribution < 1.29 is 9.53 Å². The molecule has 16 heavy (non-hydrogen) atoms. The number of ketones is 1. The van der Waals surface area contributed by atoms with E-state index in [4.69, 9.17) is 4.74 Å². The second kappa shape index (κ2) is 4.40. The molecule has 0 amide bonds. The highest BCUT2D eigenvalue weighted by molar-refractivity contribution is 7.10. The minimum absolute atomic E-state index is 0.0977. The third-order valence-corrected chi connectivity index (χ3v) is 3.03. The summed E-state index contributed by atoms with van der Waals surface area (Å²) in [5.74, 6) is 0.297. The van der Waals surface area contributed by atoms with Gasteiger partial charge in [0.2, 0.25) is 11.7 Å². The maximum atomic E-state index is 12.1. The molecule has 2 aromatic heterocycles. The Morgan fingerprint density at radius 3 is 2.88 bits per heavy atom. The van der Waals surface area contributed by atoms with Crippen molar-refractivity contribution in [2.24, 2.45) is 0 Å². The van der Waals surface area contributed by atoms with Gasteiger partial charge in [0, 0.05) is 16.5 Å². The Hall–Kier alpha value is -1.75. The van der Waals surface area contributed by atoms with Crippen molar-refractivity contribution in [2.45, 2.75) is 6.92 Å². The minimum atomic E-state index is -0.0977. The first-order chi connectivity index (χ1) is 7.72. The fourth-order valence-electron chi connectivity index (χ4n) is 1.33. The number of ether oxygens (including phenoxy) is 1. The fourth-order valence-corrected chi connectivity index (χ4v) is 2.03. The molecule has 0 aliphatic heterocycles.